The maximum absolute atomic E-state index is 12.9. The van der Waals surface area contributed by atoms with E-state index in [0.717, 1.165) is 17.8 Å². The summed E-state index contributed by atoms with van der Waals surface area (Å²) < 4.78 is 38.8. The van der Waals surface area contributed by atoms with Gasteiger partial charge in [-0.3, -0.25) is 0 Å². The number of nitrogens with zero attached hydrogens (tertiary/aromatic N) is 3. The lowest BCUT2D eigenvalue weighted by molar-refractivity contribution is -0.137. The minimum absolute atomic E-state index is 0.296. The molecule has 122 valence electrons. The van der Waals surface area contributed by atoms with Gasteiger partial charge < -0.3 is 10.0 Å². The number of aliphatic hydroxyl groups excluding tert-OH is 1. The predicted molar refractivity (Wildman–Crippen MR) is 78.9 cm³/mol. The molecule has 3 rings (SSSR count). The van der Waals surface area contributed by atoms with Crippen LogP contribution in [0.1, 0.15) is 29.3 Å². The number of hydrogen-bond donors (Lipinski definition) is 1. The van der Waals surface area contributed by atoms with Crippen molar-refractivity contribution in [1.82, 2.24) is 9.97 Å². The molecule has 1 aromatic heterocycles. The average molecular weight is 323 g/mol. The molecule has 1 aliphatic heterocycles. The summed E-state index contributed by atoms with van der Waals surface area (Å²) in [7, 11) is 0. The van der Waals surface area contributed by atoms with Crippen molar-refractivity contribution in [3.05, 3.63) is 53.3 Å². The first-order chi connectivity index (χ1) is 10.8. The topological polar surface area (TPSA) is 49.2 Å². The number of alkyl halides is 3. The fraction of sp³-hybridized carbons (Fsp3) is 0.375. The summed E-state index contributed by atoms with van der Waals surface area (Å²) in [5.41, 5.74) is 0.571. The highest BCUT2D eigenvalue weighted by Crippen LogP contribution is 2.37. The number of rotatable bonds is 2. The zero-order valence-corrected chi connectivity index (χ0v) is 12.5. The first kappa shape index (κ1) is 15.7. The van der Waals surface area contributed by atoms with Gasteiger partial charge in [0.25, 0.3) is 0 Å². The minimum Gasteiger partial charge on any atom is -0.391 e. The van der Waals surface area contributed by atoms with Crippen molar-refractivity contribution in [2.45, 2.75) is 31.7 Å². The summed E-state index contributed by atoms with van der Waals surface area (Å²) in [4.78, 5) is 10.3. The van der Waals surface area contributed by atoms with Crippen LogP contribution in [0.25, 0.3) is 0 Å². The Morgan fingerprint density at radius 1 is 1.26 bits per heavy atom. The molecule has 2 atom stereocenters. The molecule has 1 aliphatic rings. The van der Waals surface area contributed by atoms with Gasteiger partial charge in [0.2, 0.25) is 5.95 Å². The average Bonchev–Trinajstić information content (AvgIpc) is 2.89. The van der Waals surface area contributed by atoms with Crippen LogP contribution >= 0.6 is 0 Å². The molecule has 0 spiro atoms. The molecule has 0 amide bonds. The van der Waals surface area contributed by atoms with E-state index in [-0.39, 0.29) is 6.04 Å². The Bertz CT molecular complexity index is 705. The molecule has 0 saturated carbocycles. The molecule has 1 N–H and O–H groups in total. The minimum atomic E-state index is -4.39. The quantitative estimate of drug-likeness (QED) is 0.922. The Balaban J connectivity index is 1.97. The van der Waals surface area contributed by atoms with Crippen molar-refractivity contribution in [1.29, 1.82) is 0 Å². The summed E-state index contributed by atoms with van der Waals surface area (Å²) in [5.74, 6) is 0.420. The molecule has 4 nitrogen and oxygen atoms in total. The maximum Gasteiger partial charge on any atom is 0.416 e. The highest BCUT2D eigenvalue weighted by molar-refractivity contribution is 5.41. The van der Waals surface area contributed by atoms with Crippen LogP contribution in [0.5, 0.6) is 0 Å². The second-order valence-corrected chi connectivity index (χ2v) is 5.68. The number of benzene rings is 1. The molecule has 1 aromatic carbocycles. The van der Waals surface area contributed by atoms with Crippen LogP contribution in [0.15, 0.2) is 36.5 Å². The van der Waals surface area contributed by atoms with Gasteiger partial charge in [-0.2, -0.15) is 13.2 Å². The Hall–Kier alpha value is -2.15. The van der Waals surface area contributed by atoms with E-state index in [2.05, 4.69) is 9.97 Å². The standard InChI is InChI=1S/C16H16F3N3O/c1-10-5-6-20-15(21-10)22-9-13(23)8-14(22)11-3-2-4-12(7-11)16(17,18)19/h2-7,13-14,23H,8-9H2,1H3/t13-,14-/m0/s1. The van der Waals surface area contributed by atoms with E-state index < -0.39 is 17.8 Å². The first-order valence-corrected chi connectivity index (χ1v) is 7.26. The number of aryl methyl sites for hydroxylation is 1. The van der Waals surface area contributed by atoms with Gasteiger partial charge in [-0.1, -0.05) is 12.1 Å². The smallest absolute Gasteiger partial charge is 0.391 e. The molecule has 7 heteroatoms. The summed E-state index contributed by atoms with van der Waals surface area (Å²) in [5, 5.41) is 9.97. The molecule has 0 aliphatic carbocycles. The summed E-state index contributed by atoms with van der Waals surface area (Å²) in [6.07, 6.45) is -3.07. The SMILES string of the molecule is Cc1ccnc(N2C[C@@H](O)C[C@H]2c2cccc(C(F)(F)F)c2)n1. The Kier molecular flexibility index (Phi) is 3.97. The van der Waals surface area contributed by atoms with E-state index in [1.165, 1.54) is 6.07 Å². The van der Waals surface area contributed by atoms with Gasteiger partial charge in [0.1, 0.15) is 0 Å². The van der Waals surface area contributed by atoms with E-state index >= 15 is 0 Å². The Morgan fingerprint density at radius 3 is 2.74 bits per heavy atom. The van der Waals surface area contributed by atoms with Crippen LogP contribution in [0.2, 0.25) is 0 Å². The molecule has 0 unspecified atom stereocenters. The molecule has 2 aromatic rings. The monoisotopic (exact) mass is 323 g/mol. The van der Waals surface area contributed by atoms with Crippen molar-refractivity contribution in [3.8, 4) is 0 Å². The van der Waals surface area contributed by atoms with Gasteiger partial charge in [-0.05, 0) is 37.1 Å². The van der Waals surface area contributed by atoms with Crippen LogP contribution in [0.4, 0.5) is 19.1 Å². The largest absolute Gasteiger partial charge is 0.416 e. The molecule has 0 radical (unpaired) electrons. The Morgan fingerprint density at radius 2 is 2.04 bits per heavy atom. The summed E-state index contributed by atoms with van der Waals surface area (Å²) in [6, 6.07) is 6.57. The highest BCUT2D eigenvalue weighted by atomic mass is 19.4. The molecule has 23 heavy (non-hydrogen) atoms. The number of aliphatic hydroxyl groups is 1. The van der Waals surface area contributed by atoms with Crippen molar-refractivity contribution < 1.29 is 18.3 Å². The van der Waals surface area contributed by atoms with Crippen LogP contribution in [0, 0.1) is 6.92 Å². The van der Waals surface area contributed by atoms with Gasteiger partial charge >= 0.3 is 6.18 Å². The van der Waals surface area contributed by atoms with Gasteiger partial charge in [-0.15, -0.1) is 0 Å². The van der Waals surface area contributed by atoms with E-state index in [1.54, 1.807) is 23.2 Å². The number of β-amino-alcohol motifs (C(OH)–C–C–N with tert-alkyl or cyclic N) is 1. The summed E-state index contributed by atoms with van der Waals surface area (Å²) >= 11 is 0. The second kappa shape index (κ2) is 5.81. The van der Waals surface area contributed by atoms with E-state index in [9.17, 15) is 18.3 Å². The molecular formula is C16H16F3N3O. The van der Waals surface area contributed by atoms with E-state index in [4.69, 9.17) is 0 Å². The third-order valence-corrected chi connectivity index (χ3v) is 3.92. The van der Waals surface area contributed by atoms with Gasteiger partial charge in [0, 0.05) is 18.4 Å². The van der Waals surface area contributed by atoms with Crippen molar-refractivity contribution in [2.24, 2.45) is 0 Å². The lowest BCUT2D eigenvalue weighted by Crippen LogP contribution is -2.26. The highest BCUT2D eigenvalue weighted by Gasteiger charge is 2.36. The summed E-state index contributed by atoms with van der Waals surface area (Å²) in [6.45, 7) is 2.11. The fourth-order valence-electron chi connectivity index (χ4n) is 2.85. The van der Waals surface area contributed by atoms with Crippen LogP contribution < -0.4 is 4.90 Å². The molecule has 2 heterocycles. The fourth-order valence-corrected chi connectivity index (χ4v) is 2.85. The number of aromatic nitrogens is 2. The molecule has 0 bridgehead atoms. The number of hydrogen-bond acceptors (Lipinski definition) is 4. The molecule has 1 saturated heterocycles. The van der Waals surface area contributed by atoms with Crippen molar-refractivity contribution in [3.63, 3.8) is 0 Å². The third kappa shape index (κ3) is 3.29. The second-order valence-electron chi connectivity index (χ2n) is 5.68. The van der Waals surface area contributed by atoms with E-state index in [1.807, 2.05) is 6.92 Å². The first-order valence-electron chi connectivity index (χ1n) is 7.26. The lowest BCUT2D eigenvalue weighted by atomic mass is 10.0. The van der Waals surface area contributed by atoms with Crippen molar-refractivity contribution >= 4 is 5.95 Å². The lowest BCUT2D eigenvalue weighted by Gasteiger charge is -2.25. The van der Waals surface area contributed by atoms with Gasteiger partial charge in [0.15, 0.2) is 0 Å². The zero-order chi connectivity index (χ0) is 16.6. The molecular weight excluding hydrogens is 307 g/mol. The van der Waals surface area contributed by atoms with Crippen LogP contribution in [-0.2, 0) is 6.18 Å². The van der Waals surface area contributed by atoms with E-state index in [0.29, 0.717) is 24.5 Å². The predicted octanol–water partition coefficient (Wildman–Crippen LogP) is 3.12. The number of anilines is 1. The van der Waals surface area contributed by atoms with Gasteiger partial charge in [-0.25, -0.2) is 9.97 Å². The van der Waals surface area contributed by atoms with Crippen molar-refractivity contribution in [2.75, 3.05) is 11.4 Å². The zero-order valence-electron chi connectivity index (χ0n) is 12.5. The van der Waals surface area contributed by atoms with Crippen LogP contribution in [-0.4, -0.2) is 27.7 Å². The maximum atomic E-state index is 12.9. The third-order valence-electron chi connectivity index (χ3n) is 3.92. The van der Waals surface area contributed by atoms with Crippen LogP contribution in [0.3, 0.4) is 0 Å². The Labute approximate surface area is 131 Å². The van der Waals surface area contributed by atoms with Gasteiger partial charge in [0.05, 0.1) is 17.7 Å². The normalized spacial score (nSPS) is 21.7. The number of halogens is 3. The molecule has 1 fully saturated rings.